The second kappa shape index (κ2) is 4.72. The van der Waals surface area contributed by atoms with Crippen molar-refractivity contribution in [2.75, 3.05) is 0 Å². The molecule has 0 fully saturated rings. The zero-order chi connectivity index (χ0) is 12.7. The van der Waals surface area contributed by atoms with Crippen LogP contribution in [0.1, 0.15) is 17.4 Å². The van der Waals surface area contributed by atoms with Crippen molar-refractivity contribution in [3.05, 3.63) is 46.2 Å². The number of thioether (sulfide) groups is 1. The van der Waals surface area contributed by atoms with Crippen molar-refractivity contribution in [2.45, 2.75) is 22.7 Å². The molecule has 3 nitrogen and oxygen atoms in total. The smallest absolute Gasteiger partial charge is 0.109 e. The standard InChI is InChI=1S/C13H13BrN2OS/c1-16-12(9(14)7-15-16)13(17)11-6-8-4-2-3-5-10(8)18-11/h2-5,7,11,13,17H,6H2,1H3. The highest BCUT2D eigenvalue weighted by molar-refractivity contribution is 9.10. The van der Waals surface area contributed by atoms with Crippen LogP contribution in [0, 0.1) is 0 Å². The number of nitrogens with zero attached hydrogens (tertiary/aromatic N) is 2. The molecule has 1 N–H and O–H groups in total. The number of aromatic nitrogens is 2. The van der Waals surface area contributed by atoms with Crippen LogP contribution in [-0.4, -0.2) is 20.1 Å². The van der Waals surface area contributed by atoms with Gasteiger partial charge in [0.05, 0.1) is 16.4 Å². The van der Waals surface area contributed by atoms with Gasteiger partial charge in [-0.05, 0) is 34.0 Å². The molecule has 0 amide bonds. The molecule has 0 aliphatic carbocycles. The van der Waals surface area contributed by atoms with E-state index in [-0.39, 0.29) is 5.25 Å². The number of aliphatic hydroxyl groups excluding tert-OH is 1. The molecule has 5 heteroatoms. The van der Waals surface area contributed by atoms with Gasteiger partial charge in [-0.3, -0.25) is 4.68 Å². The highest BCUT2D eigenvalue weighted by Gasteiger charge is 2.31. The average Bonchev–Trinajstić information content (AvgIpc) is 2.92. The number of fused-ring (bicyclic) bond motifs is 1. The summed E-state index contributed by atoms with van der Waals surface area (Å²) in [4.78, 5) is 1.28. The summed E-state index contributed by atoms with van der Waals surface area (Å²) in [5.41, 5.74) is 2.17. The number of hydrogen-bond donors (Lipinski definition) is 1. The quantitative estimate of drug-likeness (QED) is 0.923. The third kappa shape index (κ3) is 2.00. The van der Waals surface area contributed by atoms with Crippen LogP contribution in [-0.2, 0) is 13.5 Å². The maximum atomic E-state index is 10.5. The zero-order valence-electron chi connectivity index (χ0n) is 9.88. The molecule has 2 unspecified atom stereocenters. The second-order valence-electron chi connectivity index (χ2n) is 4.41. The van der Waals surface area contributed by atoms with Gasteiger partial charge in [0.25, 0.3) is 0 Å². The number of hydrogen-bond acceptors (Lipinski definition) is 3. The molecule has 1 aromatic heterocycles. The first-order valence-electron chi connectivity index (χ1n) is 5.77. The lowest BCUT2D eigenvalue weighted by Gasteiger charge is -2.17. The van der Waals surface area contributed by atoms with Crippen LogP contribution in [0.3, 0.4) is 0 Å². The number of halogens is 1. The summed E-state index contributed by atoms with van der Waals surface area (Å²) in [5, 5.41) is 14.9. The van der Waals surface area contributed by atoms with Gasteiger partial charge in [-0.2, -0.15) is 5.10 Å². The molecule has 18 heavy (non-hydrogen) atoms. The Morgan fingerprint density at radius 2 is 2.28 bits per heavy atom. The molecule has 0 saturated carbocycles. The van der Waals surface area contributed by atoms with Gasteiger partial charge in [0.1, 0.15) is 6.10 Å². The van der Waals surface area contributed by atoms with Gasteiger partial charge in [-0.1, -0.05) is 18.2 Å². The first-order chi connectivity index (χ1) is 8.66. The Labute approximate surface area is 118 Å². The van der Waals surface area contributed by atoms with E-state index >= 15 is 0 Å². The Bertz CT molecular complexity index is 540. The third-order valence-electron chi connectivity index (χ3n) is 3.24. The van der Waals surface area contributed by atoms with Gasteiger partial charge in [0, 0.05) is 17.2 Å². The summed E-state index contributed by atoms with van der Waals surface area (Å²) in [6.45, 7) is 0. The summed E-state index contributed by atoms with van der Waals surface area (Å²) in [6, 6.07) is 8.34. The van der Waals surface area contributed by atoms with Crippen molar-refractivity contribution in [2.24, 2.45) is 7.05 Å². The molecule has 0 spiro atoms. The van der Waals surface area contributed by atoms with Crippen molar-refractivity contribution in [1.29, 1.82) is 0 Å². The first kappa shape index (κ1) is 12.3. The van der Waals surface area contributed by atoms with Crippen molar-refractivity contribution in [3.63, 3.8) is 0 Å². The van der Waals surface area contributed by atoms with Crippen molar-refractivity contribution < 1.29 is 5.11 Å². The van der Waals surface area contributed by atoms with Gasteiger partial charge >= 0.3 is 0 Å². The molecule has 94 valence electrons. The number of rotatable bonds is 2. The first-order valence-corrected chi connectivity index (χ1v) is 7.44. The minimum absolute atomic E-state index is 0.161. The van der Waals surface area contributed by atoms with E-state index in [1.807, 2.05) is 19.2 Å². The summed E-state index contributed by atoms with van der Waals surface area (Å²) >= 11 is 5.20. The topological polar surface area (TPSA) is 38.0 Å². The van der Waals surface area contributed by atoms with Gasteiger partial charge in [0.15, 0.2) is 0 Å². The van der Waals surface area contributed by atoms with Gasteiger partial charge < -0.3 is 5.11 Å². The molecule has 3 rings (SSSR count). The van der Waals surface area contributed by atoms with Crippen LogP contribution in [0.4, 0.5) is 0 Å². The van der Waals surface area contributed by atoms with Crippen molar-refractivity contribution in [3.8, 4) is 0 Å². The van der Waals surface area contributed by atoms with Crippen LogP contribution in [0.25, 0.3) is 0 Å². The van der Waals surface area contributed by atoms with Gasteiger partial charge in [-0.15, -0.1) is 11.8 Å². The zero-order valence-corrected chi connectivity index (χ0v) is 12.3. The van der Waals surface area contributed by atoms with Crippen molar-refractivity contribution in [1.82, 2.24) is 9.78 Å². The molecular formula is C13H13BrN2OS. The third-order valence-corrected chi connectivity index (χ3v) is 5.23. The van der Waals surface area contributed by atoms with Crippen LogP contribution < -0.4 is 0 Å². The molecular weight excluding hydrogens is 312 g/mol. The predicted octanol–water partition coefficient (Wildman–Crippen LogP) is 2.93. The lowest BCUT2D eigenvalue weighted by Crippen LogP contribution is -2.18. The summed E-state index contributed by atoms with van der Waals surface area (Å²) in [5.74, 6) is 0. The minimum Gasteiger partial charge on any atom is -0.386 e. The number of aryl methyl sites for hydroxylation is 1. The van der Waals surface area contributed by atoms with Crippen LogP contribution >= 0.6 is 27.7 Å². The highest BCUT2D eigenvalue weighted by atomic mass is 79.9. The SMILES string of the molecule is Cn1ncc(Br)c1C(O)C1Cc2ccccc2S1. The van der Waals surface area contributed by atoms with Crippen LogP contribution in [0.2, 0.25) is 0 Å². The molecule has 2 atom stereocenters. The van der Waals surface area contributed by atoms with Crippen molar-refractivity contribution >= 4 is 27.7 Å². The number of aliphatic hydroxyl groups is 1. The molecule has 0 bridgehead atoms. The van der Waals surface area contributed by atoms with Gasteiger partial charge in [0.2, 0.25) is 0 Å². The lowest BCUT2D eigenvalue weighted by atomic mass is 10.1. The Hall–Kier alpha value is -0.780. The molecule has 1 aliphatic heterocycles. The number of benzene rings is 1. The van der Waals surface area contributed by atoms with Gasteiger partial charge in [-0.25, -0.2) is 0 Å². The Kier molecular flexibility index (Phi) is 3.21. The van der Waals surface area contributed by atoms with E-state index in [1.54, 1.807) is 22.6 Å². The molecule has 2 aromatic rings. The fraction of sp³-hybridized carbons (Fsp3) is 0.308. The fourth-order valence-electron chi connectivity index (χ4n) is 2.31. The van der Waals surface area contributed by atoms with E-state index in [2.05, 4.69) is 33.2 Å². The predicted molar refractivity (Wildman–Crippen MR) is 75.7 cm³/mol. The summed E-state index contributed by atoms with van der Waals surface area (Å²) < 4.78 is 2.60. The molecule has 0 saturated heterocycles. The monoisotopic (exact) mass is 324 g/mol. The molecule has 2 heterocycles. The Balaban J connectivity index is 1.87. The lowest BCUT2D eigenvalue weighted by molar-refractivity contribution is 0.164. The maximum absolute atomic E-state index is 10.5. The maximum Gasteiger partial charge on any atom is 0.109 e. The normalized spacial score (nSPS) is 19.8. The van der Waals surface area contributed by atoms with E-state index in [0.29, 0.717) is 0 Å². The fourth-order valence-corrected chi connectivity index (χ4v) is 4.20. The minimum atomic E-state index is -0.510. The molecule has 1 aliphatic rings. The largest absolute Gasteiger partial charge is 0.386 e. The second-order valence-corrected chi connectivity index (χ2v) is 6.55. The van der Waals surface area contributed by atoms with E-state index in [1.165, 1.54) is 10.5 Å². The summed E-state index contributed by atoms with van der Waals surface area (Å²) in [6.07, 6.45) is 2.12. The van der Waals surface area contributed by atoms with E-state index in [9.17, 15) is 5.11 Å². The summed E-state index contributed by atoms with van der Waals surface area (Å²) in [7, 11) is 1.86. The molecule has 1 aromatic carbocycles. The highest BCUT2D eigenvalue weighted by Crippen LogP contribution is 2.43. The van der Waals surface area contributed by atoms with E-state index < -0.39 is 6.10 Å². The molecule has 0 radical (unpaired) electrons. The van der Waals surface area contributed by atoms with Crippen LogP contribution in [0.5, 0.6) is 0 Å². The Morgan fingerprint density at radius 3 is 2.94 bits per heavy atom. The van der Waals surface area contributed by atoms with E-state index in [4.69, 9.17) is 0 Å². The Morgan fingerprint density at radius 1 is 1.50 bits per heavy atom. The van der Waals surface area contributed by atoms with E-state index in [0.717, 1.165) is 16.6 Å². The average molecular weight is 325 g/mol. The van der Waals surface area contributed by atoms with Crippen LogP contribution in [0.15, 0.2) is 39.8 Å².